The highest BCUT2D eigenvalue weighted by atomic mass is 32.1. The number of nitrogens with zero attached hydrogens (tertiary/aromatic N) is 1. The number of pyridine rings is 1. The molecule has 7 heteroatoms. The van der Waals surface area contributed by atoms with E-state index in [0.717, 1.165) is 6.07 Å². The Morgan fingerprint density at radius 2 is 1.75 bits per heavy atom. The molecule has 2 aromatic rings. The molecule has 0 atom stereocenters. The van der Waals surface area contributed by atoms with Crippen molar-refractivity contribution in [3.8, 4) is 0 Å². The second-order valence-corrected chi connectivity index (χ2v) is 4.56. The van der Waals surface area contributed by atoms with Gasteiger partial charge in [0.2, 0.25) is 0 Å². The fourth-order valence-corrected chi connectivity index (χ4v) is 1.75. The summed E-state index contributed by atoms with van der Waals surface area (Å²) in [6.07, 6.45) is 0. The monoisotopic (exact) mass is 297 g/mol. The van der Waals surface area contributed by atoms with Gasteiger partial charge in [0.15, 0.2) is 11.6 Å². The van der Waals surface area contributed by atoms with Crippen molar-refractivity contribution >= 4 is 28.7 Å². The number of hydrogen-bond donors (Lipinski definition) is 2. The van der Waals surface area contributed by atoms with Crippen LogP contribution in [-0.4, -0.2) is 9.97 Å². The smallest absolute Gasteiger partial charge is 0.161 e. The first kappa shape index (κ1) is 14.3. The number of aryl methyl sites for hydroxylation is 1. The van der Waals surface area contributed by atoms with Gasteiger partial charge in [-0.15, -0.1) is 0 Å². The van der Waals surface area contributed by atoms with Gasteiger partial charge in [0.1, 0.15) is 16.6 Å². The fourth-order valence-electron chi connectivity index (χ4n) is 1.63. The van der Waals surface area contributed by atoms with Gasteiger partial charge < -0.3 is 11.1 Å². The van der Waals surface area contributed by atoms with Gasteiger partial charge in [0, 0.05) is 23.4 Å². The van der Waals surface area contributed by atoms with E-state index < -0.39 is 17.5 Å². The number of thiocarbonyl (C=S) groups is 1. The summed E-state index contributed by atoms with van der Waals surface area (Å²) in [7, 11) is 0. The summed E-state index contributed by atoms with van der Waals surface area (Å²) in [4.78, 5) is 4.25. The average molecular weight is 297 g/mol. The minimum Gasteiger partial charge on any atom is -0.389 e. The predicted molar refractivity (Wildman–Crippen MR) is 74.5 cm³/mol. The zero-order valence-electron chi connectivity index (χ0n) is 10.4. The molecule has 1 heterocycles. The van der Waals surface area contributed by atoms with Gasteiger partial charge in [0.05, 0.1) is 5.69 Å². The van der Waals surface area contributed by atoms with E-state index in [-0.39, 0.29) is 16.5 Å². The molecule has 3 N–H and O–H groups in total. The van der Waals surface area contributed by atoms with Crippen molar-refractivity contribution in [1.82, 2.24) is 4.98 Å². The van der Waals surface area contributed by atoms with Crippen molar-refractivity contribution in [3.63, 3.8) is 0 Å². The van der Waals surface area contributed by atoms with E-state index in [1.165, 1.54) is 6.07 Å². The van der Waals surface area contributed by atoms with E-state index in [2.05, 4.69) is 10.3 Å². The summed E-state index contributed by atoms with van der Waals surface area (Å²) < 4.78 is 39.5. The van der Waals surface area contributed by atoms with E-state index >= 15 is 0 Å². The minimum absolute atomic E-state index is 0.157. The molecular weight excluding hydrogens is 287 g/mol. The molecule has 0 bridgehead atoms. The maximum Gasteiger partial charge on any atom is 0.161 e. The van der Waals surface area contributed by atoms with E-state index in [1.807, 2.05) is 0 Å². The molecule has 2 rings (SSSR count). The van der Waals surface area contributed by atoms with Gasteiger partial charge in [-0.2, -0.15) is 0 Å². The number of nitrogens with two attached hydrogens (primary N) is 1. The predicted octanol–water partition coefficient (Wildman–Crippen LogP) is 3.19. The molecule has 0 amide bonds. The lowest BCUT2D eigenvalue weighted by molar-refractivity contribution is 0.496. The Kier molecular flexibility index (Phi) is 3.89. The Morgan fingerprint density at radius 3 is 2.40 bits per heavy atom. The Hall–Kier alpha value is -2.15. The lowest BCUT2D eigenvalue weighted by Gasteiger charge is -2.10. The first-order chi connectivity index (χ1) is 9.36. The highest BCUT2D eigenvalue weighted by Gasteiger charge is 2.11. The van der Waals surface area contributed by atoms with Crippen LogP contribution in [0.25, 0.3) is 0 Å². The Bertz CT molecular complexity index is 689. The largest absolute Gasteiger partial charge is 0.389 e. The molecule has 3 nitrogen and oxygen atoms in total. The highest BCUT2D eigenvalue weighted by Crippen LogP contribution is 2.22. The molecule has 0 unspecified atom stereocenters. The number of rotatable bonds is 3. The van der Waals surface area contributed by atoms with Crippen molar-refractivity contribution in [2.45, 2.75) is 6.92 Å². The molecule has 0 fully saturated rings. The van der Waals surface area contributed by atoms with Gasteiger partial charge >= 0.3 is 0 Å². The lowest BCUT2D eigenvalue weighted by Crippen LogP contribution is -2.11. The quantitative estimate of drug-likeness (QED) is 0.675. The fraction of sp³-hybridized carbons (Fsp3) is 0.0769. The van der Waals surface area contributed by atoms with Crippen LogP contribution in [0.3, 0.4) is 0 Å². The molecule has 0 aliphatic carbocycles. The molecule has 0 aliphatic heterocycles. The summed E-state index contributed by atoms with van der Waals surface area (Å²) in [5, 5.41) is 2.57. The van der Waals surface area contributed by atoms with Crippen LogP contribution >= 0.6 is 12.2 Å². The number of hydrogen-bond acceptors (Lipinski definition) is 3. The normalized spacial score (nSPS) is 10.4. The Balaban J connectivity index is 2.40. The summed E-state index contributed by atoms with van der Waals surface area (Å²) in [5.74, 6) is -3.10. The van der Waals surface area contributed by atoms with Crippen molar-refractivity contribution in [1.29, 1.82) is 0 Å². The third-order valence-electron chi connectivity index (χ3n) is 2.51. The maximum absolute atomic E-state index is 13.5. The van der Waals surface area contributed by atoms with E-state index in [1.54, 1.807) is 13.0 Å². The van der Waals surface area contributed by atoms with Crippen molar-refractivity contribution in [3.05, 3.63) is 53.0 Å². The van der Waals surface area contributed by atoms with E-state index in [9.17, 15) is 13.2 Å². The van der Waals surface area contributed by atoms with Crippen LogP contribution in [0.2, 0.25) is 0 Å². The molecule has 0 saturated heterocycles. The molecule has 20 heavy (non-hydrogen) atoms. The average Bonchev–Trinajstić information content (AvgIpc) is 2.35. The summed E-state index contributed by atoms with van der Waals surface area (Å²) in [5.41, 5.74) is 6.42. The topological polar surface area (TPSA) is 50.9 Å². The highest BCUT2D eigenvalue weighted by molar-refractivity contribution is 7.80. The standard InChI is InChI=1S/C13H10F3N3S/c1-6-2-7(13(17)20)3-12(18-6)19-11-5-9(15)8(14)4-10(11)16/h2-5H,1H3,(H2,17,20)(H,18,19). The second kappa shape index (κ2) is 5.46. The van der Waals surface area contributed by atoms with Gasteiger partial charge in [-0.1, -0.05) is 12.2 Å². The van der Waals surface area contributed by atoms with Gasteiger partial charge in [0.25, 0.3) is 0 Å². The SMILES string of the molecule is Cc1cc(C(N)=S)cc(Nc2cc(F)c(F)cc2F)n1. The van der Waals surface area contributed by atoms with Crippen molar-refractivity contribution in [2.75, 3.05) is 5.32 Å². The molecule has 0 saturated carbocycles. The third-order valence-corrected chi connectivity index (χ3v) is 2.75. The Morgan fingerprint density at radius 1 is 1.10 bits per heavy atom. The second-order valence-electron chi connectivity index (χ2n) is 4.12. The molecule has 1 aromatic carbocycles. The molecule has 1 aromatic heterocycles. The summed E-state index contributed by atoms with van der Waals surface area (Å²) >= 11 is 4.85. The van der Waals surface area contributed by atoms with E-state index in [4.69, 9.17) is 18.0 Å². The molecule has 0 radical (unpaired) electrons. The number of aromatic nitrogens is 1. The molecule has 104 valence electrons. The van der Waals surface area contributed by atoms with Gasteiger partial charge in [-0.25, -0.2) is 18.2 Å². The van der Waals surface area contributed by atoms with Crippen LogP contribution in [0.5, 0.6) is 0 Å². The van der Waals surface area contributed by atoms with Crippen molar-refractivity contribution < 1.29 is 13.2 Å². The zero-order valence-corrected chi connectivity index (χ0v) is 11.2. The van der Waals surface area contributed by atoms with Crippen LogP contribution in [-0.2, 0) is 0 Å². The minimum atomic E-state index is -1.26. The number of anilines is 2. The first-order valence-electron chi connectivity index (χ1n) is 5.57. The van der Waals surface area contributed by atoms with Crippen molar-refractivity contribution in [2.24, 2.45) is 5.73 Å². The zero-order chi connectivity index (χ0) is 14.9. The van der Waals surface area contributed by atoms with Gasteiger partial charge in [-0.3, -0.25) is 0 Å². The molecular formula is C13H10F3N3S. The van der Waals surface area contributed by atoms with Crippen LogP contribution in [0.1, 0.15) is 11.3 Å². The summed E-state index contributed by atoms with van der Waals surface area (Å²) in [6.45, 7) is 1.70. The van der Waals surface area contributed by atoms with Crippen LogP contribution < -0.4 is 11.1 Å². The van der Waals surface area contributed by atoms with Gasteiger partial charge in [-0.05, 0) is 19.1 Å². The maximum atomic E-state index is 13.5. The van der Waals surface area contributed by atoms with Crippen LogP contribution in [0, 0.1) is 24.4 Å². The lowest BCUT2D eigenvalue weighted by atomic mass is 10.2. The third kappa shape index (κ3) is 3.05. The molecule has 0 aliphatic rings. The number of halogens is 3. The van der Waals surface area contributed by atoms with E-state index in [0.29, 0.717) is 17.3 Å². The first-order valence-corrected chi connectivity index (χ1v) is 5.97. The number of nitrogens with one attached hydrogen (secondary N) is 1. The Labute approximate surface area is 118 Å². The van der Waals surface area contributed by atoms with Crippen LogP contribution in [0.15, 0.2) is 24.3 Å². The van der Waals surface area contributed by atoms with Crippen LogP contribution in [0.4, 0.5) is 24.7 Å². The summed E-state index contributed by atoms with van der Waals surface area (Å²) in [6, 6.07) is 4.34. The number of benzene rings is 1. The molecule has 0 spiro atoms.